The Labute approximate surface area is 174 Å². The molecule has 2 bridgehead atoms. The second-order valence-electron chi connectivity index (χ2n) is 10.1. The number of hydrogen-bond donors (Lipinski definition) is 0. The summed E-state index contributed by atoms with van der Waals surface area (Å²) in [5, 5.41) is 0. The minimum Gasteiger partial charge on any atom is -0.462 e. The summed E-state index contributed by atoms with van der Waals surface area (Å²) in [5.74, 6) is -0.0755. The number of hydrogen-bond acceptors (Lipinski definition) is 6. The van der Waals surface area contributed by atoms with Crippen LogP contribution >= 0.6 is 0 Å². The first kappa shape index (κ1) is 22.4. The van der Waals surface area contributed by atoms with Crippen LogP contribution in [-0.4, -0.2) is 44.1 Å². The van der Waals surface area contributed by atoms with Crippen LogP contribution in [0, 0.1) is 34.0 Å². The molecule has 6 heteroatoms. The van der Waals surface area contributed by atoms with Gasteiger partial charge in [0.2, 0.25) is 0 Å². The molecule has 8 atom stereocenters. The topological polar surface area (TPSA) is 78.9 Å². The maximum Gasteiger partial charge on any atom is 0.302 e. The van der Waals surface area contributed by atoms with Crippen LogP contribution in [0.4, 0.5) is 0 Å². The van der Waals surface area contributed by atoms with Gasteiger partial charge in [-0.25, -0.2) is 0 Å². The van der Waals surface area contributed by atoms with Gasteiger partial charge in [0.05, 0.1) is 11.5 Å². The van der Waals surface area contributed by atoms with Gasteiger partial charge in [0.1, 0.15) is 25.0 Å². The van der Waals surface area contributed by atoms with E-state index in [4.69, 9.17) is 14.2 Å². The largest absolute Gasteiger partial charge is 0.462 e. The van der Waals surface area contributed by atoms with Crippen LogP contribution in [0.2, 0.25) is 0 Å². The zero-order valence-electron chi connectivity index (χ0n) is 18.7. The Morgan fingerprint density at radius 3 is 2.52 bits per heavy atom. The number of Topliss-reactive ketones (excluding diaryl/α,β-unsaturated/α-hetero) is 1. The molecule has 0 spiro atoms. The van der Waals surface area contributed by atoms with E-state index in [2.05, 4.69) is 20.8 Å². The molecule has 6 nitrogen and oxygen atoms in total. The van der Waals surface area contributed by atoms with Crippen LogP contribution in [0.3, 0.4) is 0 Å². The first-order valence-corrected chi connectivity index (χ1v) is 10.8. The Hall–Kier alpha value is -1.27. The van der Waals surface area contributed by atoms with Gasteiger partial charge in [-0.15, -0.1) is 0 Å². The van der Waals surface area contributed by atoms with Crippen LogP contribution in [0.5, 0.6) is 0 Å². The van der Waals surface area contributed by atoms with Crippen LogP contribution in [-0.2, 0) is 28.6 Å². The van der Waals surface area contributed by atoms with Gasteiger partial charge in [-0.3, -0.25) is 9.59 Å². The fourth-order valence-electron chi connectivity index (χ4n) is 7.07. The van der Waals surface area contributed by atoms with E-state index in [1.807, 2.05) is 6.92 Å². The Kier molecular flexibility index (Phi) is 6.00. The van der Waals surface area contributed by atoms with Crippen LogP contribution in [0.25, 0.3) is 0 Å². The molecular formula is C23H36O6. The second kappa shape index (κ2) is 7.77. The van der Waals surface area contributed by atoms with E-state index in [1.165, 1.54) is 6.92 Å². The number of ketones is 1. The lowest BCUT2D eigenvalue weighted by Gasteiger charge is -2.61. The molecule has 3 aliphatic rings. The Morgan fingerprint density at radius 1 is 1.24 bits per heavy atom. The average molecular weight is 409 g/mol. The predicted octanol–water partition coefficient (Wildman–Crippen LogP) is 3.55. The third kappa shape index (κ3) is 3.27. The van der Waals surface area contributed by atoms with Crippen molar-refractivity contribution < 1.29 is 28.6 Å². The predicted molar refractivity (Wildman–Crippen MR) is 107 cm³/mol. The van der Waals surface area contributed by atoms with Gasteiger partial charge in [0, 0.05) is 31.8 Å². The summed E-state index contributed by atoms with van der Waals surface area (Å²) in [4.78, 5) is 37.8. The third-order valence-corrected chi connectivity index (χ3v) is 8.73. The van der Waals surface area contributed by atoms with Crippen molar-refractivity contribution >= 4 is 18.0 Å². The smallest absolute Gasteiger partial charge is 0.302 e. The Morgan fingerprint density at radius 2 is 1.93 bits per heavy atom. The van der Waals surface area contributed by atoms with Crippen molar-refractivity contribution in [3.8, 4) is 0 Å². The van der Waals surface area contributed by atoms with E-state index in [1.54, 1.807) is 7.11 Å². The minimum atomic E-state index is -0.847. The summed E-state index contributed by atoms with van der Waals surface area (Å²) in [5.41, 5.74) is -1.60. The van der Waals surface area contributed by atoms with E-state index in [0.717, 1.165) is 25.5 Å². The van der Waals surface area contributed by atoms with Gasteiger partial charge >= 0.3 is 5.97 Å². The fourth-order valence-corrected chi connectivity index (χ4v) is 7.07. The third-order valence-electron chi connectivity index (χ3n) is 8.73. The molecular weight excluding hydrogens is 372 g/mol. The van der Waals surface area contributed by atoms with Crippen molar-refractivity contribution in [3.63, 3.8) is 0 Å². The van der Waals surface area contributed by atoms with Gasteiger partial charge < -0.3 is 19.0 Å². The minimum absolute atomic E-state index is 0.00871. The molecule has 3 saturated carbocycles. The van der Waals surface area contributed by atoms with Gasteiger partial charge in [-0.2, -0.15) is 0 Å². The Balaban J connectivity index is 2.21. The highest BCUT2D eigenvalue weighted by molar-refractivity contribution is 5.85. The van der Waals surface area contributed by atoms with E-state index >= 15 is 0 Å². The second-order valence-corrected chi connectivity index (χ2v) is 10.1. The van der Waals surface area contributed by atoms with Crippen LogP contribution < -0.4 is 0 Å². The quantitative estimate of drug-likeness (QED) is 0.393. The molecule has 0 N–H and O–H groups in total. The van der Waals surface area contributed by atoms with Crippen LogP contribution in [0.1, 0.15) is 66.7 Å². The number of ether oxygens (including phenoxy) is 3. The normalized spacial score (nSPS) is 47.1. The Bertz CT molecular complexity index is 676. The zero-order valence-corrected chi connectivity index (χ0v) is 18.7. The zero-order chi connectivity index (χ0) is 21.6. The first-order valence-electron chi connectivity index (χ1n) is 10.8. The number of carbonyl (C=O) groups is 3. The van der Waals surface area contributed by atoms with E-state index in [0.29, 0.717) is 12.8 Å². The number of aldehydes is 1. The van der Waals surface area contributed by atoms with Crippen molar-refractivity contribution in [2.75, 3.05) is 13.9 Å². The molecule has 0 heterocycles. The highest BCUT2D eigenvalue weighted by atomic mass is 16.7. The monoisotopic (exact) mass is 408 g/mol. The molecule has 0 saturated heterocycles. The summed E-state index contributed by atoms with van der Waals surface area (Å²) in [7, 11) is 1.56. The SMILES string of the molecule is COCO[C@H]1[C@H](C)C23CCC(=O)C2[C@](C)(C(OC(C)=O)C[C@@]1(C)C=O)[C@H](C)CC3. The molecule has 0 aliphatic heterocycles. The molecule has 0 aromatic heterocycles. The lowest BCUT2D eigenvalue weighted by atomic mass is 9.44. The molecule has 29 heavy (non-hydrogen) atoms. The molecule has 3 rings (SSSR count). The number of rotatable bonds is 5. The molecule has 0 radical (unpaired) electrons. The molecule has 0 aromatic rings. The average Bonchev–Trinajstić information content (AvgIpc) is 3.02. The van der Waals surface area contributed by atoms with Crippen molar-refractivity contribution in [2.24, 2.45) is 34.0 Å². The molecule has 3 aliphatic carbocycles. The van der Waals surface area contributed by atoms with Crippen molar-refractivity contribution in [1.82, 2.24) is 0 Å². The lowest BCUT2D eigenvalue weighted by molar-refractivity contribution is -0.225. The molecule has 0 amide bonds. The van der Waals surface area contributed by atoms with Crippen molar-refractivity contribution in [2.45, 2.75) is 78.9 Å². The van der Waals surface area contributed by atoms with Crippen molar-refractivity contribution in [1.29, 1.82) is 0 Å². The summed E-state index contributed by atoms with van der Waals surface area (Å²) >= 11 is 0. The highest BCUT2D eigenvalue weighted by Crippen LogP contribution is 2.68. The molecule has 164 valence electrons. The summed E-state index contributed by atoms with van der Waals surface area (Å²) < 4.78 is 17.2. The molecule has 0 aromatic carbocycles. The van der Waals surface area contributed by atoms with Gasteiger partial charge in [0.15, 0.2) is 0 Å². The van der Waals surface area contributed by atoms with E-state index in [9.17, 15) is 14.4 Å². The van der Waals surface area contributed by atoms with E-state index in [-0.39, 0.29) is 41.7 Å². The fraction of sp³-hybridized carbons (Fsp3) is 0.870. The maximum atomic E-state index is 13.3. The van der Waals surface area contributed by atoms with E-state index < -0.39 is 23.0 Å². The summed E-state index contributed by atoms with van der Waals surface area (Å²) in [6, 6.07) is 0. The molecule has 3 unspecified atom stereocenters. The number of methoxy groups -OCH3 is 1. The van der Waals surface area contributed by atoms with Gasteiger partial charge in [-0.1, -0.05) is 27.7 Å². The van der Waals surface area contributed by atoms with Crippen molar-refractivity contribution in [3.05, 3.63) is 0 Å². The number of esters is 1. The first-order chi connectivity index (χ1) is 13.6. The van der Waals surface area contributed by atoms with Gasteiger partial charge in [0.25, 0.3) is 0 Å². The molecule has 3 fully saturated rings. The summed E-state index contributed by atoms with van der Waals surface area (Å²) in [6.07, 6.45) is 3.61. The summed E-state index contributed by atoms with van der Waals surface area (Å²) in [6.45, 7) is 9.79. The van der Waals surface area contributed by atoms with Gasteiger partial charge in [-0.05, 0) is 42.9 Å². The van der Waals surface area contributed by atoms with Crippen LogP contribution in [0.15, 0.2) is 0 Å². The maximum absolute atomic E-state index is 13.3. The highest BCUT2D eigenvalue weighted by Gasteiger charge is 2.68. The standard InChI is InChI=1S/C23H36O6/c1-14-7-9-23-10-8-17(26)19(23)22(14,5)18(29-16(3)25)11-21(4,12-24)20(15(23)2)28-13-27-6/h12,14-15,18-20H,7-11,13H2,1-6H3/t14-,15+,18?,19?,20+,21+,22+,23?/m1/s1. The number of carbonyl (C=O) groups excluding carboxylic acids is 3. The lowest BCUT2D eigenvalue weighted by Crippen LogP contribution is -2.64.